The Morgan fingerprint density at radius 1 is 1.40 bits per heavy atom. The first kappa shape index (κ1) is 6.58. The fourth-order valence-corrected chi connectivity index (χ4v) is 2.30. The van der Waals surface area contributed by atoms with Crippen molar-refractivity contribution in [1.29, 1.82) is 0 Å². The average molecular weight is 143 g/mol. The molecule has 0 aromatic heterocycles. The molecule has 2 aliphatic carbocycles. The van der Waals surface area contributed by atoms with Gasteiger partial charge >= 0.3 is 0 Å². The first-order valence-electron chi connectivity index (χ1n) is 3.78. The van der Waals surface area contributed by atoms with Gasteiger partial charge in [-0.1, -0.05) is 0 Å². The number of aliphatic hydroxyl groups is 2. The lowest BCUT2D eigenvalue weighted by Gasteiger charge is -2.29. The van der Waals surface area contributed by atoms with Crippen molar-refractivity contribution in [3.8, 4) is 0 Å². The van der Waals surface area contributed by atoms with Crippen LogP contribution in [-0.4, -0.2) is 28.0 Å². The van der Waals surface area contributed by atoms with E-state index in [1.165, 1.54) is 0 Å². The van der Waals surface area contributed by atoms with Crippen molar-refractivity contribution in [3.63, 3.8) is 0 Å². The maximum atomic E-state index is 9.37. The zero-order chi connectivity index (χ0) is 7.35. The molecule has 2 aliphatic rings. The van der Waals surface area contributed by atoms with Crippen molar-refractivity contribution in [2.24, 2.45) is 11.7 Å². The van der Waals surface area contributed by atoms with E-state index in [-0.39, 0.29) is 5.92 Å². The van der Waals surface area contributed by atoms with E-state index in [9.17, 15) is 10.2 Å². The minimum absolute atomic E-state index is 0.264. The van der Waals surface area contributed by atoms with E-state index in [1.807, 2.05) is 0 Å². The second-order valence-electron chi connectivity index (χ2n) is 3.67. The van der Waals surface area contributed by atoms with E-state index < -0.39 is 17.7 Å². The minimum Gasteiger partial charge on any atom is -0.390 e. The van der Waals surface area contributed by atoms with Gasteiger partial charge in [-0.25, -0.2) is 0 Å². The average Bonchev–Trinajstić information content (AvgIpc) is 2.35. The van der Waals surface area contributed by atoms with E-state index in [2.05, 4.69) is 0 Å². The van der Waals surface area contributed by atoms with E-state index >= 15 is 0 Å². The summed E-state index contributed by atoms with van der Waals surface area (Å²) in [4.78, 5) is 0. The Bertz CT molecular complexity index is 162. The van der Waals surface area contributed by atoms with Crippen LogP contribution in [0, 0.1) is 5.92 Å². The highest BCUT2D eigenvalue weighted by Gasteiger charge is 2.54. The Morgan fingerprint density at radius 3 is 2.40 bits per heavy atom. The van der Waals surface area contributed by atoms with Crippen LogP contribution in [0.5, 0.6) is 0 Å². The van der Waals surface area contributed by atoms with Gasteiger partial charge in [-0.15, -0.1) is 0 Å². The van der Waals surface area contributed by atoms with E-state index in [0.29, 0.717) is 0 Å². The molecule has 0 heterocycles. The fourth-order valence-electron chi connectivity index (χ4n) is 2.30. The summed E-state index contributed by atoms with van der Waals surface area (Å²) in [6, 6.07) is 0. The van der Waals surface area contributed by atoms with Crippen LogP contribution in [-0.2, 0) is 0 Å². The summed E-state index contributed by atoms with van der Waals surface area (Å²) < 4.78 is 0. The molecular weight excluding hydrogens is 130 g/mol. The SMILES string of the molecule is NC12CCC(C1)[C@@H](O)[C@H]2O. The number of hydrogen-bond donors (Lipinski definition) is 3. The number of nitrogens with two attached hydrogens (primary N) is 1. The van der Waals surface area contributed by atoms with Gasteiger partial charge in [0.25, 0.3) is 0 Å². The second kappa shape index (κ2) is 1.72. The van der Waals surface area contributed by atoms with Gasteiger partial charge in [-0.3, -0.25) is 0 Å². The second-order valence-corrected chi connectivity index (χ2v) is 3.67. The summed E-state index contributed by atoms with van der Waals surface area (Å²) in [5.41, 5.74) is 5.37. The monoisotopic (exact) mass is 143 g/mol. The van der Waals surface area contributed by atoms with Gasteiger partial charge in [0.1, 0.15) is 0 Å². The molecule has 0 saturated heterocycles. The Hall–Kier alpha value is -0.120. The summed E-state index contributed by atoms with van der Waals surface area (Å²) >= 11 is 0. The number of fused-ring (bicyclic) bond motifs is 2. The fraction of sp³-hybridized carbons (Fsp3) is 1.00. The molecule has 0 amide bonds. The molecule has 0 aliphatic heterocycles. The summed E-state index contributed by atoms with van der Waals surface area (Å²) in [5.74, 6) is 0.264. The van der Waals surface area contributed by atoms with Crippen molar-refractivity contribution in [3.05, 3.63) is 0 Å². The number of hydrogen-bond acceptors (Lipinski definition) is 3. The van der Waals surface area contributed by atoms with Crippen LogP contribution < -0.4 is 5.73 Å². The molecule has 4 atom stereocenters. The predicted octanol–water partition coefficient (Wildman–Crippen LogP) is -0.781. The van der Waals surface area contributed by atoms with Crippen LogP contribution in [0.1, 0.15) is 19.3 Å². The summed E-state index contributed by atoms with van der Waals surface area (Å²) in [5, 5.41) is 18.7. The van der Waals surface area contributed by atoms with Gasteiger partial charge in [0.15, 0.2) is 0 Å². The third-order valence-corrected chi connectivity index (χ3v) is 3.02. The van der Waals surface area contributed by atoms with E-state index in [0.717, 1.165) is 19.3 Å². The van der Waals surface area contributed by atoms with Crippen molar-refractivity contribution in [2.45, 2.75) is 37.0 Å². The third-order valence-electron chi connectivity index (χ3n) is 3.02. The van der Waals surface area contributed by atoms with Crippen LogP contribution >= 0.6 is 0 Å². The van der Waals surface area contributed by atoms with E-state index in [1.54, 1.807) is 0 Å². The largest absolute Gasteiger partial charge is 0.390 e. The third kappa shape index (κ3) is 0.603. The van der Waals surface area contributed by atoms with Gasteiger partial charge in [-0.2, -0.15) is 0 Å². The Labute approximate surface area is 59.8 Å². The van der Waals surface area contributed by atoms with Gasteiger partial charge in [0, 0.05) is 5.54 Å². The normalized spacial score (nSPS) is 59.7. The highest BCUT2D eigenvalue weighted by molar-refractivity contribution is 5.10. The Balaban J connectivity index is 2.25. The van der Waals surface area contributed by atoms with Crippen molar-refractivity contribution in [1.82, 2.24) is 0 Å². The number of aliphatic hydroxyl groups excluding tert-OH is 2. The highest BCUT2D eigenvalue weighted by Crippen LogP contribution is 2.46. The van der Waals surface area contributed by atoms with Gasteiger partial charge in [0.05, 0.1) is 12.2 Å². The van der Waals surface area contributed by atoms with E-state index in [4.69, 9.17) is 5.73 Å². The molecule has 0 aromatic carbocycles. The molecule has 4 N–H and O–H groups in total. The molecule has 2 unspecified atom stereocenters. The van der Waals surface area contributed by atoms with Crippen LogP contribution in [0.4, 0.5) is 0 Å². The molecule has 2 fully saturated rings. The van der Waals surface area contributed by atoms with Crippen LogP contribution in [0.15, 0.2) is 0 Å². The van der Waals surface area contributed by atoms with Crippen LogP contribution in [0.25, 0.3) is 0 Å². The molecule has 3 nitrogen and oxygen atoms in total. The standard InChI is InChI=1S/C7H13NO2/c8-7-2-1-4(3-7)5(9)6(7)10/h4-6,9-10H,1-3,8H2/t4?,5-,6-,7?/m1/s1. The van der Waals surface area contributed by atoms with Crippen molar-refractivity contribution in [2.75, 3.05) is 0 Å². The topological polar surface area (TPSA) is 66.5 Å². The molecular formula is C7H13NO2. The van der Waals surface area contributed by atoms with Crippen molar-refractivity contribution < 1.29 is 10.2 Å². The van der Waals surface area contributed by atoms with Crippen molar-refractivity contribution >= 4 is 0 Å². The van der Waals surface area contributed by atoms with Gasteiger partial charge in [0.2, 0.25) is 0 Å². The molecule has 0 spiro atoms. The molecule has 2 bridgehead atoms. The van der Waals surface area contributed by atoms with Crippen LogP contribution in [0.2, 0.25) is 0 Å². The maximum absolute atomic E-state index is 9.37. The lowest BCUT2D eigenvalue weighted by atomic mass is 9.90. The first-order chi connectivity index (χ1) is 4.63. The number of rotatable bonds is 0. The summed E-state index contributed by atoms with van der Waals surface area (Å²) in [7, 11) is 0. The molecule has 2 saturated carbocycles. The molecule has 58 valence electrons. The maximum Gasteiger partial charge on any atom is 0.0980 e. The van der Waals surface area contributed by atoms with Gasteiger partial charge in [-0.05, 0) is 25.2 Å². The zero-order valence-corrected chi connectivity index (χ0v) is 5.83. The predicted molar refractivity (Wildman–Crippen MR) is 36.3 cm³/mol. The summed E-state index contributed by atoms with van der Waals surface area (Å²) in [6.45, 7) is 0. The van der Waals surface area contributed by atoms with Crippen LogP contribution in [0.3, 0.4) is 0 Å². The quantitative estimate of drug-likeness (QED) is 0.416. The zero-order valence-electron chi connectivity index (χ0n) is 5.83. The Kier molecular flexibility index (Phi) is 1.14. The molecule has 0 radical (unpaired) electrons. The Morgan fingerprint density at radius 2 is 2.10 bits per heavy atom. The highest BCUT2D eigenvalue weighted by atomic mass is 16.3. The lowest BCUT2D eigenvalue weighted by Crippen LogP contribution is -2.50. The van der Waals surface area contributed by atoms with Gasteiger partial charge < -0.3 is 15.9 Å². The molecule has 0 aromatic rings. The summed E-state index contributed by atoms with van der Waals surface area (Å²) in [6.07, 6.45) is 1.42. The molecule has 2 rings (SSSR count). The smallest absolute Gasteiger partial charge is 0.0980 e. The lowest BCUT2D eigenvalue weighted by molar-refractivity contribution is -0.0244. The molecule has 3 heteroatoms. The minimum atomic E-state index is -0.675. The first-order valence-corrected chi connectivity index (χ1v) is 3.78. The molecule has 10 heavy (non-hydrogen) atoms.